The number of aliphatic hydroxyl groups excluding tert-OH is 2. The molecule has 0 spiro atoms. The topological polar surface area (TPSA) is 166 Å². The van der Waals surface area contributed by atoms with Crippen LogP contribution < -0.4 is 14.8 Å². The lowest BCUT2D eigenvalue weighted by molar-refractivity contribution is -0.150. The summed E-state index contributed by atoms with van der Waals surface area (Å²) in [5.74, 6) is -0.926. The van der Waals surface area contributed by atoms with Crippen LogP contribution in [0.1, 0.15) is 60.6 Å². The third-order valence-electron chi connectivity index (χ3n) is 9.79. The van der Waals surface area contributed by atoms with Gasteiger partial charge in [-0.25, -0.2) is 0 Å². The average molecular weight is 755 g/mol. The molecule has 0 heterocycles. The molecule has 4 rings (SSSR count). The summed E-state index contributed by atoms with van der Waals surface area (Å²) >= 11 is 13.0. The first kappa shape index (κ1) is 40.5. The van der Waals surface area contributed by atoms with Crippen molar-refractivity contribution in [2.45, 2.75) is 72.8 Å². The van der Waals surface area contributed by atoms with Crippen LogP contribution >= 0.6 is 23.2 Å². The summed E-state index contributed by atoms with van der Waals surface area (Å²) in [6.07, 6.45) is 0.314. The number of hydrogen-bond donors (Lipinski definition) is 6. The SMILES string of the molecule is CC(=O)[C@](C)(CO)NCc1cc(Cl)c(OCc2cccc(-c3cccc(COc4cc(O)c(CC[C@@](C)(CO)C(=O)O)cc4Cl)c3C)c2C)cc1O. The molecule has 2 atom stereocenters. The van der Waals surface area contributed by atoms with Crippen LogP contribution in [0.4, 0.5) is 0 Å². The predicted molar refractivity (Wildman–Crippen MR) is 200 cm³/mol. The number of phenolic OH excluding ortho intramolecular Hbond substituents is 2. The van der Waals surface area contributed by atoms with Crippen molar-refractivity contribution in [3.8, 4) is 34.1 Å². The van der Waals surface area contributed by atoms with E-state index < -0.39 is 30.1 Å². The molecule has 0 saturated carbocycles. The minimum absolute atomic E-state index is 0.0651. The standard InChI is InChI=1S/C40H45Cl2NO9/c1-23-27(19-51-36-16-34(47)26(14-32(36)41)12-13-39(4,21-44)38(49)50)8-6-10-30(23)31-11-7-9-28(24(31)2)20-52-37-17-35(48)29(15-33(37)42)18-43-40(5,22-45)25(3)46/h6-11,14-17,43-45,47-48H,12-13,18-22H2,1-5H3,(H,49,50)/t39-,40-/m0/s1. The van der Waals surface area contributed by atoms with Gasteiger partial charge in [-0.3, -0.25) is 14.9 Å². The molecule has 0 unspecified atom stereocenters. The van der Waals surface area contributed by atoms with E-state index in [-0.39, 0.29) is 65.7 Å². The van der Waals surface area contributed by atoms with Crippen molar-refractivity contribution in [3.05, 3.63) is 104 Å². The molecule has 0 aliphatic rings. The number of carboxylic acids is 1. The number of aliphatic hydroxyl groups is 2. The number of benzene rings is 4. The molecule has 0 aliphatic heterocycles. The van der Waals surface area contributed by atoms with Crippen molar-refractivity contribution in [2.24, 2.45) is 5.41 Å². The van der Waals surface area contributed by atoms with E-state index in [4.69, 9.17) is 32.7 Å². The van der Waals surface area contributed by atoms with E-state index in [1.54, 1.807) is 19.1 Å². The third-order valence-corrected chi connectivity index (χ3v) is 10.4. The van der Waals surface area contributed by atoms with Crippen LogP contribution in [0, 0.1) is 19.3 Å². The second-order valence-corrected chi connectivity index (χ2v) is 14.3. The van der Waals surface area contributed by atoms with Gasteiger partial charge in [-0.05, 0) is 98.5 Å². The van der Waals surface area contributed by atoms with Gasteiger partial charge in [0, 0.05) is 24.2 Å². The smallest absolute Gasteiger partial charge is 0.311 e. The van der Waals surface area contributed by atoms with Crippen molar-refractivity contribution in [1.29, 1.82) is 0 Å². The second-order valence-electron chi connectivity index (χ2n) is 13.5. The number of aromatic hydroxyl groups is 2. The van der Waals surface area contributed by atoms with Gasteiger partial charge in [-0.15, -0.1) is 0 Å². The van der Waals surface area contributed by atoms with Gasteiger partial charge in [-0.1, -0.05) is 59.6 Å². The van der Waals surface area contributed by atoms with Gasteiger partial charge in [-0.2, -0.15) is 0 Å². The summed E-state index contributed by atoms with van der Waals surface area (Å²) in [6.45, 7) is 7.95. The molecule has 4 aromatic carbocycles. The number of carbonyl (C=O) groups is 2. The highest BCUT2D eigenvalue weighted by molar-refractivity contribution is 6.32. The van der Waals surface area contributed by atoms with Gasteiger partial charge in [0.15, 0.2) is 5.78 Å². The number of phenols is 2. The van der Waals surface area contributed by atoms with Crippen molar-refractivity contribution in [1.82, 2.24) is 5.32 Å². The summed E-state index contributed by atoms with van der Waals surface area (Å²) in [6, 6.07) is 17.8. The molecular formula is C40H45Cl2NO9. The van der Waals surface area contributed by atoms with Crippen LogP contribution in [0.2, 0.25) is 10.0 Å². The number of aliphatic carboxylic acids is 1. The summed E-state index contributed by atoms with van der Waals surface area (Å²) in [7, 11) is 0. The van der Waals surface area contributed by atoms with Gasteiger partial charge in [0.25, 0.3) is 0 Å². The van der Waals surface area contributed by atoms with E-state index in [9.17, 15) is 35.1 Å². The maximum atomic E-state index is 11.9. The molecule has 0 fully saturated rings. The molecular weight excluding hydrogens is 709 g/mol. The van der Waals surface area contributed by atoms with E-state index >= 15 is 0 Å². The lowest BCUT2D eigenvalue weighted by Gasteiger charge is -2.26. The average Bonchev–Trinajstić information content (AvgIpc) is 3.11. The number of ketones is 1. The predicted octanol–water partition coefficient (Wildman–Crippen LogP) is 7.29. The van der Waals surface area contributed by atoms with Gasteiger partial charge >= 0.3 is 5.97 Å². The molecule has 0 aromatic heterocycles. The number of ether oxygens (including phenoxy) is 2. The summed E-state index contributed by atoms with van der Waals surface area (Å²) in [4.78, 5) is 23.5. The Labute approximate surface area is 313 Å². The molecule has 10 nitrogen and oxygen atoms in total. The Balaban J connectivity index is 1.47. The van der Waals surface area contributed by atoms with E-state index in [1.165, 1.54) is 26.0 Å². The van der Waals surface area contributed by atoms with Crippen LogP contribution in [0.5, 0.6) is 23.0 Å². The molecule has 0 saturated heterocycles. The Kier molecular flexibility index (Phi) is 13.2. The third kappa shape index (κ3) is 9.18. The summed E-state index contributed by atoms with van der Waals surface area (Å²) < 4.78 is 12.1. The molecule has 278 valence electrons. The molecule has 52 heavy (non-hydrogen) atoms. The number of nitrogens with one attached hydrogen (secondary N) is 1. The van der Waals surface area contributed by atoms with Crippen LogP contribution in [0.25, 0.3) is 11.1 Å². The summed E-state index contributed by atoms with van der Waals surface area (Å²) in [5.41, 5.74) is 4.17. The highest BCUT2D eigenvalue weighted by atomic mass is 35.5. The lowest BCUT2D eigenvalue weighted by Crippen LogP contribution is -2.51. The second kappa shape index (κ2) is 17.0. The molecule has 12 heteroatoms. The van der Waals surface area contributed by atoms with Crippen LogP contribution in [0.15, 0.2) is 60.7 Å². The van der Waals surface area contributed by atoms with E-state index in [0.717, 1.165) is 33.4 Å². The number of hydrogen-bond acceptors (Lipinski definition) is 9. The molecule has 0 amide bonds. The Morgan fingerprint density at radius 2 is 1.23 bits per heavy atom. The highest BCUT2D eigenvalue weighted by Gasteiger charge is 2.32. The number of carboxylic acid groups (broad SMARTS) is 1. The lowest BCUT2D eigenvalue weighted by atomic mass is 9.85. The van der Waals surface area contributed by atoms with Gasteiger partial charge in [0.2, 0.25) is 0 Å². The monoisotopic (exact) mass is 753 g/mol. The van der Waals surface area contributed by atoms with Crippen molar-refractivity contribution >= 4 is 35.0 Å². The first-order valence-corrected chi connectivity index (χ1v) is 17.5. The van der Waals surface area contributed by atoms with Crippen LogP contribution in [-0.2, 0) is 35.8 Å². The zero-order valence-electron chi connectivity index (χ0n) is 29.8. The zero-order valence-corrected chi connectivity index (χ0v) is 31.4. The van der Waals surface area contributed by atoms with Crippen molar-refractivity contribution in [3.63, 3.8) is 0 Å². The Morgan fingerprint density at radius 1 is 0.750 bits per heavy atom. The van der Waals surface area contributed by atoms with Gasteiger partial charge in [0.1, 0.15) is 36.2 Å². The van der Waals surface area contributed by atoms with Crippen molar-refractivity contribution in [2.75, 3.05) is 13.2 Å². The first-order chi connectivity index (χ1) is 24.5. The minimum Gasteiger partial charge on any atom is -0.508 e. The number of carbonyl (C=O) groups excluding carboxylic acids is 1. The Morgan fingerprint density at radius 3 is 1.67 bits per heavy atom. The van der Waals surface area contributed by atoms with Crippen molar-refractivity contribution < 1.29 is 44.6 Å². The fraction of sp³-hybridized carbons (Fsp3) is 0.350. The maximum Gasteiger partial charge on any atom is 0.311 e. The first-order valence-electron chi connectivity index (χ1n) is 16.7. The van der Waals surface area contributed by atoms with E-state index in [1.807, 2.05) is 50.2 Å². The largest absolute Gasteiger partial charge is 0.508 e. The molecule has 0 bridgehead atoms. The number of aryl methyl sites for hydroxylation is 1. The van der Waals surface area contributed by atoms with E-state index in [0.29, 0.717) is 16.9 Å². The van der Waals surface area contributed by atoms with E-state index in [2.05, 4.69) is 5.32 Å². The number of rotatable bonds is 17. The fourth-order valence-corrected chi connectivity index (χ4v) is 6.03. The molecule has 0 radical (unpaired) electrons. The van der Waals surface area contributed by atoms with Gasteiger partial charge in [0.05, 0.1) is 34.2 Å². The van der Waals surface area contributed by atoms with Crippen LogP contribution in [0.3, 0.4) is 0 Å². The number of Topliss-reactive ketones (excluding diaryl/α,β-unsaturated/α-hetero) is 1. The number of halogens is 2. The van der Waals surface area contributed by atoms with Gasteiger partial charge < -0.3 is 35.0 Å². The maximum absolute atomic E-state index is 11.9. The highest BCUT2D eigenvalue weighted by Crippen LogP contribution is 2.37. The summed E-state index contributed by atoms with van der Waals surface area (Å²) in [5, 5.41) is 53.5. The minimum atomic E-state index is -1.34. The molecule has 6 N–H and O–H groups in total. The Bertz CT molecular complexity index is 1810. The normalized spacial score (nSPS) is 13.6. The molecule has 0 aliphatic carbocycles. The molecule has 4 aromatic rings. The quantitative estimate of drug-likeness (QED) is 0.0645. The fourth-order valence-electron chi connectivity index (χ4n) is 5.55. The van der Waals surface area contributed by atoms with Crippen LogP contribution in [-0.4, -0.2) is 56.0 Å². The zero-order chi connectivity index (χ0) is 38.4. The Hall–Kier alpha value is -4.32.